The van der Waals surface area contributed by atoms with Crippen molar-refractivity contribution in [2.45, 2.75) is 28.7 Å². The van der Waals surface area contributed by atoms with E-state index >= 15 is 0 Å². The number of aromatic nitrogens is 2. The molecule has 1 aromatic heterocycles. The molecular formula is C6H14N2O. The van der Waals surface area contributed by atoms with Crippen LogP contribution in [0.25, 0.3) is 0 Å². The summed E-state index contributed by atoms with van der Waals surface area (Å²) in [5.41, 5.74) is 0. The Morgan fingerprint density at radius 2 is 1.78 bits per heavy atom. The van der Waals surface area contributed by atoms with Crippen molar-refractivity contribution < 1.29 is 4.52 Å². The second kappa shape index (κ2) is 4.06. The lowest BCUT2D eigenvalue weighted by molar-refractivity contribution is 0.389. The summed E-state index contributed by atoms with van der Waals surface area (Å²) in [6, 6.07) is 0. The van der Waals surface area contributed by atoms with E-state index in [1.807, 2.05) is 0 Å². The molecule has 0 radical (unpaired) electrons. The van der Waals surface area contributed by atoms with Crippen LogP contribution in [-0.4, -0.2) is 10.1 Å². The molecular weight excluding hydrogens is 116 g/mol. The van der Waals surface area contributed by atoms with E-state index in [0.29, 0.717) is 11.7 Å². The van der Waals surface area contributed by atoms with Crippen molar-refractivity contribution in [1.82, 2.24) is 10.1 Å². The van der Waals surface area contributed by atoms with Gasteiger partial charge in [-0.3, -0.25) is 0 Å². The first kappa shape index (κ1) is 11.0. The van der Waals surface area contributed by atoms with Gasteiger partial charge >= 0.3 is 0 Å². The Morgan fingerprint density at radius 1 is 1.22 bits per heavy atom. The second-order valence-electron chi connectivity index (χ2n) is 1.36. The largest absolute Gasteiger partial charge is 0.340 e. The lowest BCUT2D eigenvalue weighted by Gasteiger charge is -1.64. The quantitative estimate of drug-likeness (QED) is 0.539. The van der Waals surface area contributed by atoms with E-state index in [2.05, 4.69) is 14.7 Å². The maximum atomic E-state index is 4.60. The summed E-state index contributed by atoms with van der Waals surface area (Å²) in [6.07, 6.45) is 0. The van der Waals surface area contributed by atoms with Gasteiger partial charge in [-0.1, -0.05) is 20.0 Å². The molecule has 1 heterocycles. The predicted octanol–water partition coefficient (Wildman–Crippen LogP) is 1.96. The summed E-state index contributed by atoms with van der Waals surface area (Å²) in [5.74, 6) is 1.31. The van der Waals surface area contributed by atoms with Gasteiger partial charge in [0, 0.05) is 6.92 Å². The lowest BCUT2D eigenvalue weighted by Crippen LogP contribution is -1.70. The first-order valence-corrected chi connectivity index (χ1v) is 2.06. The van der Waals surface area contributed by atoms with Gasteiger partial charge in [-0.15, -0.1) is 0 Å². The van der Waals surface area contributed by atoms with Crippen molar-refractivity contribution >= 4 is 0 Å². The molecule has 0 aliphatic heterocycles. The molecule has 0 amide bonds. The Hall–Kier alpha value is -0.860. The highest BCUT2D eigenvalue weighted by Gasteiger charge is 1.89. The van der Waals surface area contributed by atoms with Gasteiger partial charge in [-0.05, 0) is 6.92 Å². The van der Waals surface area contributed by atoms with E-state index in [9.17, 15) is 0 Å². The van der Waals surface area contributed by atoms with Crippen LogP contribution < -0.4 is 0 Å². The topological polar surface area (TPSA) is 38.9 Å². The van der Waals surface area contributed by atoms with Crippen molar-refractivity contribution in [2.24, 2.45) is 0 Å². The third-order valence-corrected chi connectivity index (χ3v) is 0.629. The second-order valence-corrected chi connectivity index (χ2v) is 1.36. The van der Waals surface area contributed by atoms with Crippen LogP contribution in [0.15, 0.2) is 4.52 Å². The molecule has 3 nitrogen and oxygen atoms in total. The van der Waals surface area contributed by atoms with Crippen molar-refractivity contribution in [3.63, 3.8) is 0 Å². The summed E-state index contributed by atoms with van der Waals surface area (Å²) < 4.78 is 4.60. The zero-order valence-electron chi connectivity index (χ0n) is 4.30. The van der Waals surface area contributed by atoms with Crippen molar-refractivity contribution in [3.8, 4) is 0 Å². The van der Waals surface area contributed by atoms with Gasteiger partial charge in [0.05, 0.1) is 0 Å². The Bertz CT molecular complexity index is 143. The number of aryl methyl sites for hydroxylation is 2. The Morgan fingerprint density at radius 3 is 1.89 bits per heavy atom. The minimum Gasteiger partial charge on any atom is -0.340 e. The van der Waals surface area contributed by atoms with E-state index in [1.165, 1.54) is 0 Å². The zero-order chi connectivity index (χ0) is 5.28. The van der Waals surface area contributed by atoms with Gasteiger partial charge in [0.25, 0.3) is 0 Å². The van der Waals surface area contributed by atoms with E-state index < -0.39 is 0 Å². The average Bonchev–Trinajstić information content (AvgIpc) is 1.87. The molecule has 3 heteroatoms. The number of hydrogen-bond acceptors (Lipinski definition) is 3. The maximum absolute atomic E-state index is 4.60. The lowest BCUT2D eigenvalue weighted by atomic mass is 10.7. The molecule has 0 aliphatic carbocycles. The molecule has 1 rings (SSSR count). The molecule has 0 fully saturated rings. The van der Waals surface area contributed by atoms with Gasteiger partial charge in [-0.25, -0.2) is 0 Å². The Kier molecular flexibility index (Phi) is 4.97. The Labute approximate surface area is 56.1 Å². The minimum absolute atomic E-state index is 0. The van der Waals surface area contributed by atoms with Crippen molar-refractivity contribution in [2.75, 3.05) is 0 Å². The van der Waals surface area contributed by atoms with Crippen LogP contribution in [0.3, 0.4) is 0 Å². The summed E-state index contributed by atoms with van der Waals surface area (Å²) in [6.45, 7) is 3.55. The molecule has 0 saturated heterocycles. The summed E-state index contributed by atoms with van der Waals surface area (Å²) in [5, 5.41) is 3.53. The molecule has 1 aromatic rings. The van der Waals surface area contributed by atoms with Crippen molar-refractivity contribution in [3.05, 3.63) is 11.7 Å². The van der Waals surface area contributed by atoms with Crippen LogP contribution in [0.5, 0.6) is 0 Å². The molecule has 54 valence electrons. The van der Waals surface area contributed by atoms with Gasteiger partial charge in [0.15, 0.2) is 5.82 Å². The molecule has 0 N–H and O–H groups in total. The highest BCUT2D eigenvalue weighted by atomic mass is 16.5. The summed E-state index contributed by atoms with van der Waals surface area (Å²) >= 11 is 0. The highest BCUT2D eigenvalue weighted by Crippen LogP contribution is 1.89. The molecule has 0 saturated carbocycles. The molecule has 0 spiro atoms. The van der Waals surface area contributed by atoms with Gasteiger partial charge in [0.1, 0.15) is 0 Å². The molecule has 0 aliphatic rings. The standard InChI is InChI=1S/C4H6N2O.2CH4/c1-3-5-4(2)7-6-3;;/h1-2H3;2*1H4. The first-order chi connectivity index (χ1) is 3.29. The third kappa shape index (κ3) is 2.85. The monoisotopic (exact) mass is 130 g/mol. The van der Waals surface area contributed by atoms with Gasteiger partial charge in [-0.2, -0.15) is 4.98 Å². The van der Waals surface area contributed by atoms with Crippen LogP contribution in [0, 0.1) is 13.8 Å². The maximum Gasteiger partial charge on any atom is 0.223 e. The van der Waals surface area contributed by atoms with Gasteiger partial charge in [0.2, 0.25) is 5.89 Å². The number of rotatable bonds is 0. The summed E-state index contributed by atoms with van der Waals surface area (Å²) in [7, 11) is 0. The van der Waals surface area contributed by atoms with E-state index in [1.54, 1.807) is 13.8 Å². The smallest absolute Gasteiger partial charge is 0.223 e. The fourth-order valence-electron chi connectivity index (χ4n) is 0.401. The van der Waals surface area contributed by atoms with Crippen LogP contribution >= 0.6 is 0 Å². The Balaban J connectivity index is 0. The van der Waals surface area contributed by atoms with Crippen LogP contribution in [0.2, 0.25) is 0 Å². The fraction of sp³-hybridized carbons (Fsp3) is 0.667. The normalized spacial score (nSPS) is 7.33. The molecule has 9 heavy (non-hydrogen) atoms. The van der Waals surface area contributed by atoms with E-state index in [-0.39, 0.29) is 14.9 Å². The predicted molar refractivity (Wildman–Crippen MR) is 37.2 cm³/mol. The molecule has 0 unspecified atom stereocenters. The van der Waals surface area contributed by atoms with Crippen LogP contribution in [0.4, 0.5) is 0 Å². The number of nitrogens with zero attached hydrogens (tertiary/aromatic N) is 2. The fourth-order valence-corrected chi connectivity index (χ4v) is 0.401. The molecule has 0 atom stereocenters. The molecule has 0 bridgehead atoms. The van der Waals surface area contributed by atoms with E-state index in [4.69, 9.17) is 0 Å². The van der Waals surface area contributed by atoms with Gasteiger partial charge < -0.3 is 4.52 Å². The molecule has 0 aromatic carbocycles. The SMILES string of the molecule is C.C.Cc1noc(C)n1. The highest BCUT2D eigenvalue weighted by molar-refractivity contribution is 4.77. The third-order valence-electron chi connectivity index (χ3n) is 0.629. The average molecular weight is 130 g/mol. The zero-order valence-corrected chi connectivity index (χ0v) is 4.30. The van der Waals surface area contributed by atoms with Crippen molar-refractivity contribution in [1.29, 1.82) is 0 Å². The van der Waals surface area contributed by atoms with Crippen LogP contribution in [0.1, 0.15) is 26.6 Å². The number of hydrogen-bond donors (Lipinski definition) is 0. The van der Waals surface area contributed by atoms with Crippen LogP contribution in [-0.2, 0) is 0 Å². The minimum atomic E-state index is 0. The van der Waals surface area contributed by atoms with E-state index in [0.717, 1.165) is 0 Å². The summed E-state index contributed by atoms with van der Waals surface area (Å²) in [4.78, 5) is 3.83. The first-order valence-electron chi connectivity index (χ1n) is 2.06.